The second kappa shape index (κ2) is 6.69. The van der Waals surface area contributed by atoms with Crippen LogP contribution in [0.15, 0.2) is 48.9 Å². The first kappa shape index (κ1) is 14.7. The number of hydrogen-bond acceptors (Lipinski definition) is 4. The summed E-state index contributed by atoms with van der Waals surface area (Å²) in [7, 11) is 0. The van der Waals surface area contributed by atoms with E-state index in [0.717, 1.165) is 11.0 Å². The van der Waals surface area contributed by atoms with Crippen molar-refractivity contribution in [1.29, 1.82) is 0 Å². The highest BCUT2D eigenvalue weighted by atomic mass is 16.2. The molecule has 0 aliphatic carbocycles. The first-order valence-electron chi connectivity index (χ1n) is 7.14. The van der Waals surface area contributed by atoms with Gasteiger partial charge >= 0.3 is 0 Å². The van der Waals surface area contributed by atoms with Crippen LogP contribution in [0.25, 0.3) is 11.0 Å². The second-order valence-electron chi connectivity index (χ2n) is 4.86. The van der Waals surface area contributed by atoms with Gasteiger partial charge in [0.1, 0.15) is 5.69 Å². The first-order valence-corrected chi connectivity index (χ1v) is 7.14. The fourth-order valence-corrected chi connectivity index (χ4v) is 2.12. The van der Waals surface area contributed by atoms with E-state index in [-0.39, 0.29) is 11.8 Å². The summed E-state index contributed by atoms with van der Waals surface area (Å²) in [5.41, 5.74) is 2.51. The fourth-order valence-electron chi connectivity index (χ4n) is 2.12. The standard InChI is InChI=1S/C16H15N5O2/c22-15(11-4-5-12-14(9-11)21-10-20-12)18-7-8-19-16(23)13-3-1-2-6-17-13/h1-6,9-10H,7-8H2,(H,18,22)(H,19,23)(H,20,21). The molecule has 0 atom stereocenters. The predicted octanol–water partition coefficient (Wildman–Crippen LogP) is 1.12. The number of amides is 2. The Morgan fingerprint density at radius 2 is 1.83 bits per heavy atom. The van der Waals surface area contributed by atoms with Crippen molar-refractivity contribution in [3.8, 4) is 0 Å². The van der Waals surface area contributed by atoms with Gasteiger partial charge in [-0.15, -0.1) is 0 Å². The molecule has 7 heteroatoms. The lowest BCUT2D eigenvalue weighted by Gasteiger charge is -2.07. The molecule has 0 fully saturated rings. The van der Waals surface area contributed by atoms with Crippen LogP contribution in [-0.4, -0.2) is 39.9 Å². The summed E-state index contributed by atoms with van der Waals surface area (Å²) in [6.45, 7) is 0.659. The van der Waals surface area contributed by atoms with Crippen LogP contribution in [-0.2, 0) is 0 Å². The minimum atomic E-state index is -0.265. The zero-order valence-corrected chi connectivity index (χ0v) is 12.2. The molecular weight excluding hydrogens is 294 g/mol. The quantitative estimate of drug-likeness (QED) is 0.615. The van der Waals surface area contributed by atoms with Gasteiger partial charge in [0.05, 0.1) is 17.4 Å². The number of nitrogens with zero attached hydrogens (tertiary/aromatic N) is 2. The smallest absolute Gasteiger partial charge is 0.269 e. The van der Waals surface area contributed by atoms with E-state index in [2.05, 4.69) is 25.6 Å². The zero-order chi connectivity index (χ0) is 16.1. The predicted molar refractivity (Wildman–Crippen MR) is 85.0 cm³/mol. The molecule has 0 aliphatic heterocycles. The van der Waals surface area contributed by atoms with Crippen molar-refractivity contribution in [1.82, 2.24) is 25.6 Å². The maximum Gasteiger partial charge on any atom is 0.269 e. The molecule has 2 aromatic heterocycles. The van der Waals surface area contributed by atoms with Gasteiger partial charge < -0.3 is 15.6 Å². The van der Waals surface area contributed by atoms with Gasteiger partial charge in [0, 0.05) is 24.8 Å². The van der Waals surface area contributed by atoms with Gasteiger partial charge in [0.2, 0.25) is 0 Å². The van der Waals surface area contributed by atoms with Gasteiger partial charge in [-0.2, -0.15) is 0 Å². The molecule has 23 heavy (non-hydrogen) atoms. The maximum atomic E-state index is 12.1. The number of carbonyl (C=O) groups is 2. The third-order valence-corrected chi connectivity index (χ3v) is 3.28. The number of carbonyl (C=O) groups excluding carboxylic acids is 2. The van der Waals surface area contributed by atoms with Gasteiger partial charge in [-0.3, -0.25) is 14.6 Å². The molecule has 7 nitrogen and oxygen atoms in total. The number of H-pyrrole nitrogens is 1. The van der Waals surface area contributed by atoms with Crippen LogP contribution in [0.5, 0.6) is 0 Å². The molecule has 0 aliphatic rings. The first-order chi connectivity index (χ1) is 11.2. The van der Waals surface area contributed by atoms with E-state index < -0.39 is 0 Å². The normalized spacial score (nSPS) is 10.4. The summed E-state index contributed by atoms with van der Waals surface area (Å²) in [6.07, 6.45) is 3.14. The Kier molecular flexibility index (Phi) is 4.28. The van der Waals surface area contributed by atoms with Crippen molar-refractivity contribution in [3.63, 3.8) is 0 Å². The average Bonchev–Trinajstić information content (AvgIpc) is 3.06. The third-order valence-electron chi connectivity index (χ3n) is 3.28. The van der Waals surface area contributed by atoms with Crippen molar-refractivity contribution in [2.75, 3.05) is 13.1 Å². The van der Waals surface area contributed by atoms with Crippen molar-refractivity contribution in [3.05, 3.63) is 60.2 Å². The number of benzene rings is 1. The molecule has 0 radical (unpaired) electrons. The number of fused-ring (bicyclic) bond motifs is 1. The Balaban J connectivity index is 1.48. The summed E-state index contributed by atoms with van der Waals surface area (Å²) in [5, 5.41) is 5.45. The van der Waals surface area contributed by atoms with Gasteiger partial charge in [0.15, 0.2) is 0 Å². The number of hydrogen-bond donors (Lipinski definition) is 3. The summed E-state index contributed by atoms with van der Waals surface area (Å²) in [6, 6.07) is 10.4. The Hall–Kier alpha value is -3.22. The topological polar surface area (TPSA) is 99.8 Å². The van der Waals surface area contributed by atoms with Crippen LogP contribution in [0.4, 0.5) is 0 Å². The second-order valence-corrected chi connectivity index (χ2v) is 4.86. The molecule has 2 amide bonds. The monoisotopic (exact) mass is 309 g/mol. The zero-order valence-electron chi connectivity index (χ0n) is 12.2. The molecular formula is C16H15N5O2. The molecule has 3 rings (SSSR count). The molecule has 3 N–H and O–H groups in total. The number of imidazole rings is 1. The van der Waals surface area contributed by atoms with E-state index in [4.69, 9.17) is 0 Å². The molecule has 0 spiro atoms. The molecule has 2 heterocycles. The highest BCUT2D eigenvalue weighted by Gasteiger charge is 2.08. The highest BCUT2D eigenvalue weighted by Crippen LogP contribution is 2.11. The van der Waals surface area contributed by atoms with E-state index in [1.807, 2.05) is 0 Å². The van der Waals surface area contributed by atoms with Crippen LogP contribution in [0, 0.1) is 0 Å². The number of aromatic nitrogens is 3. The number of nitrogens with one attached hydrogen (secondary N) is 3. The summed E-state index contributed by atoms with van der Waals surface area (Å²) >= 11 is 0. The van der Waals surface area contributed by atoms with E-state index in [1.165, 1.54) is 0 Å². The summed E-state index contributed by atoms with van der Waals surface area (Å²) < 4.78 is 0. The Morgan fingerprint density at radius 1 is 1.00 bits per heavy atom. The number of aromatic amines is 1. The van der Waals surface area contributed by atoms with Crippen molar-refractivity contribution >= 4 is 22.8 Å². The molecule has 0 unspecified atom stereocenters. The number of pyridine rings is 1. The van der Waals surface area contributed by atoms with E-state index in [9.17, 15) is 9.59 Å². The lowest BCUT2D eigenvalue weighted by molar-refractivity contribution is 0.0925. The summed E-state index contributed by atoms with van der Waals surface area (Å²) in [5.74, 6) is -0.465. The van der Waals surface area contributed by atoms with Crippen molar-refractivity contribution < 1.29 is 9.59 Å². The molecule has 3 aromatic rings. The highest BCUT2D eigenvalue weighted by molar-refractivity contribution is 5.97. The van der Waals surface area contributed by atoms with E-state index >= 15 is 0 Å². The summed E-state index contributed by atoms with van der Waals surface area (Å²) in [4.78, 5) is 34.9. The van der Waals surface area contributed by atoms with Crippen LogP contribution in [0.1, 0.15) is 20.8 Å². The van der Waals surface area contributed by atoms with Crippen LogP contribution in [0.2, 0.25) is 0 Å². The van der Waals surface area contributed by atoms with E-state index in [0.29, 0.717) is 24.3 Å². The van der Waals surface area contributed by atoms with Crippen LogP contribution in [0.3, 0.4) is 0 Å². The Bertz CT molecular complexity index is 829. The van der Waals surface area contributed by atoms with Crippen LogP contribution >= 0.6 is 0 Å². The molecule has 1 aromatic carbocycles. The van der Waals surface area contributed by atoms with Crippen molar-refractivity contribution in [2.45, 2.75) is 0 Å². The molecule has 116 valence electrons. The Labute approximate surface area is 132 Å². The lowest BCUT2D eigenvalue weighted by Crippen LogP contribution is -2.34. The SMILES string of the molecule is O=C(NCCNC(=O)c1ccccn1)c1ccc2nc[nH]c2c1. The maximum absolute atomic E-state index is 12.1. The average molecular weight is 309 g/mol. The fraction of sp³-hybridized carbons (Fsp3) is 0.125. The van der Waals surface area contributed by atoms with E-state index in [1.54, 1.807) is 48.9 Å². The Morgan fingerprint density at radius 3 is 2.61 bits per heavy atom. The third kappa shape index (κ3) is 3.52. The molecule has 0 saturated carbocycles. The van der Waals surface area contributed by atoms with Crippen molar-refractivity contribution in [2.24, 2.45) is 0 Å². The van der Waals surface area contributed by atoms with Gasteiger partial charge in [0.25, 0.3) is 11.8 Å². The largest absolute Gasteiger partial charge is 0.350 e. The van der Waals surface area contributed by atoms with Gasteiger partial charge in [-0.25, -0.2) is 4.98 Å². The van der Waals surface area contributed by atoms with Gasteiger partial charge in [-0.1, -0.05) is 6.07 Å². The van der Waals surface area contributed by atoms with Gasteiger partial charge in [-0.05, 0) is 30.3 Å². The molecule has 0 bridgehead atoms. The lowest BCUT2D eigenvalue weighted by atomic mass is 10.2. The minimum Gasteiger partial charge on any atom is -0.350 e. The van der Waals surface area contributed by atoms with Crippen LogP contribution < -0.4 is 10.6 Å². The molecule has 0 saturated heterocycles. The number of rotatable bonds is 5. The minimum absolute atomic E-state index is 0.200.